The zero-order chi connectivity index (χ0) is 11.4. The summed E-state index contributed by atoms with van der Waals surface area (Å²) in [5.41, 5.74) is 5.60. The van der Waals surface area contributed by atoms with Gasteiger partial charge in [0.1, 0.15) is 5.82 Å². The van der Waals surface area contributed by atoms with Gasteiger partial charge in [0.2, 0.25) is 0 Å². The number of hydrogen-bond acceptors (Lipinski definition) is 3. The molecule has 2 unspecified atom stereocenters. The van der Waals surface area contributed by atoms with Gasteiger partial charge in [-0.25, -0.2) is 4.98 Å². The van der Waals surface area contributed by atoms with Crippen LogP contribution in [0.3, 0.4) is 0 Å². The number of aromatic nitrogens is 1. The van der Waals surface area contributed by atoms with Gasteiger partial charge in [-0.2, -0.15) is 0 Å². The maximum atomic E-state index is 5.80. The molecule has 1 aromatic heterocycles. The minimum Gasteiger partial charge on any atom is -0.366 e. The van der Waals surface area contributed by atoms with Crippen LogP contribution < -0.4 is 11.1 Å². The highest BCUT2D eigenvalue weighted by atomic mass is 79.9. The van der Waals surface area contributed by atoms with Crippen LogP contribution >= 0.6 is 27.5 Å². The Morgan fingerprint density at radius 2 is 2.27 bits per heavy atom. The lowest BCUT2D eigenvalue weighted by Gasteiger charge is -2.20. The van der Waals surface area contributed by atoms with E-state index in [0.29, 0.717) is 17.5 Å². The summed E-state index contributed by atoms with van der Waals surface area (Å²) in [6, 6.07) is 2.09. The Bertz CT molecular complexity index is 332. The Morgan fingerprint density at radius 3 is 2.80 bits per heavy atom. The third kappa shape index (κ3) is 3.63. The topological polar surface area (TPSA) is 50.9 Å². The van der Waals surface area contributed by atoms with Gasteiger partial charge in [-0.05, 0) is 41.4 Å². The predicted molar refractivity (Wildman–Crippen MR) is 68.3 cm³/mol. The summed E-state index contributed by atoms with van der Waals surface area (Å²) in [5.74, 6) is 1.20. The summed E-state index contributed by atoms with van der Waals surface area (Å²) in [7, 11) is 0. The summed E-state index contributed by atoms with van der Waals surface area (Å²) in [6.45, 7) is 4.83. The molecule has 0 fully saturated rings. The van der Waals surface area contributed by atoms with E-state index in [2.05, 4.69) is 40.1 Å². The average Bonchev–Trinajstić information content (AvgIpc) is 2.20. The van der Waals surface area contributed by atoms with E-state index in [9.17, 15) is 0 Å². The molecule has 3 nitrogen and oxygen atoms in total. The van der Waals surface area contributed by atoms with Crippen molar-refractivity contribution < 1.29 is 0 Å². The van der Waals surface area contributed by atoms with Crippen LogP contribution in [0.2, 0.25) is 5.02 Å². The maximum Gasteiger partial charge on any atom is 0.140 e. The lowest BCUT2D eigenvalue weighted by molar-refractivity contribution is 0.520. The van der Waals surface area contributed by atoms with Gasteiger partial charge in [0.25, 0.3) is 0 Å². The highest BCUT2D eigenvalue weighted by Gasteiger charge is 2.12. The second-order valence-corrected chi connectivity index (χ2v) is 4.92. The lowest BCUT2D eigenvalue weighted by atomic mass is 10.0. The lowest BCUT2D eigenvalue weighted by Crippen LogP contribution is -2.29. The summed E-state index contributed by atoms with van der Waals surface area (Å²) in [5, 5.41) is 3.91. The van der Waals surface area contributed by atoms with Gasteiger partial charge in [0.05, 0.1) is 9.50 Å². The second-order valence-electron chi connectivity index (χ2n) is 3.63. The minimum atomic E-state index is 0.278. The monoisotopic (exact) mass is 291 g/mol. The van der Waals surface area contributed by atoms with E-state index >= 15 is 0 Å². The van der Waals surface area contributed by atoms with Crippen LogP contribution in [-0.2, 0) is 0 Å². The molecule has 84 valence electrons. The first-order chi connectivity index (χ1) is 7.04. The van der Waals surface area contributed by atoms with Crippen molar-refractivity contribution in [2.75, 3.05) is 11.9 Å². The van der Waals surface area contributed by atoms with E-state index in [0.717, 1.165) is 10.3 Å². The van der Waals surface area contributed by atoms with Gasteiger partial charge in [0.15, 0.2) is 0 Å². The summed E-state index contributed by atoms with van der Waals surface area (Å²) < 4.78 is 0.867. The van der Waals surface area contributed by atoms with E-state index in [-0.39, 0.29) is 6.04 Å². The molecule has 0 aromatic carbocycles. The van der Waals surface area contributed by atoms with Crippen LogP contribution in [0.1, 0.15) is 13.8 Å². The van der Waals surface area contributed by atoms with Crippen LogP contribution in [-0.4, -0.2) is 17.6 Å². The Balaban J connectivity index is 2.72. The third-order valence-corrected chi connectivity index (χ3v) is 3.21. The number of anilines is 1. The fraction of sp³-hybridized carbons (Fsp3) is 0.500. The molecule has 0 saturated carbocycles. The molecule has 0 aliphatic carbocycles. The molecule has 2 atom stereocenters. The molecule has 1 rings (SSSR count). The first-order valence-corrected chi connectivity index (χ1v) is 5.99. The van der Waals surface area contributed by atoms with E-state index in [1.165, 1.54) is 0 Å². The van der Waals surface area contributed by atoms with Crippen LogP contribution in [0.15, 0.2) is 16.7 Å². The fourth-order valence-electron chi connectivity index (χ4n) is 1.08. The maximum absolute atomic E-state index is 5.80. The van der Waals surface area contributed by atoms with Crippen molar-refractivity contribution in [1.29, 1.82) is 0 Å². The molecular weight excluding hydrogens is 277 g/mol. The first kappa shape index (κ1) is 12.7. The first-order valence-electron chi connectivity index (χ1n) is 4.82. The van der Waals surface area contributed by atoms with E-state index in [4.69, 9.17) is 17.3 Å². The van der Waals surface area contributed by atoms with Gasteiger partial charge < -0.3 is 11.1 Å². The van der Waals surface area contributed by atoms with Crippen molar-refractivity contribution in [3.63, 3.8) is 0 Å². The molecule has 0 aliphatic heterocycles. The molecule has 0 aliphatic rings. The Hall–Kier alpha value is -0.320. The largest absolute Gasteiger partial charge is 0.366 e. The van der Waals surface area contributed by atoms with Crippen molar-refractivity contribution >= 4 is 33.3 Å². The Morgan fingerprint density at radius 1 is 1.60 bits per heavy atom. The SMILES string of the molecule is CC(CN)C(C)Nc1ncc(Cl)cc1Br. The highest BCUT2D eigenvalue weighted by molar-refractivity contribution is 9.10. The number of nitrogens with one attached hydrogen (secondary N) is 1. The highest BCUT2D eigenvalue weighted by Crippen LogP contribution is 2.24. The quantitative estimate of drug-likeness (QED) is 0.897. The van der Waals surface area contributed by atoms with Crippen LogP contribution in [0.25, 0.3) is 0 Å². The molecule has 0 spiro atoms. The molecule has 0 amide bonds. The van der Waals surface area contributed by atoms with E-state index in [1.54, 1.807) is 6.20 Å². The van der Waals surface area contributed by atoms with E-state index in [1.807, 2.05) is 6.07 Å². The number of rotatable bonds is 4. The zero-order valence-corrected chi connectivity index (χ0v) is 11.1. The average molecular weight is 293 g/mol. The number of halogens is 2. The van der Waals surface area contributed by atoms with Gasteiger partial charge in [-0.15, -0.1) is 0 Å². The standard InChI is InChI=1S/C10H15BrClN3/c1-6(4-13)7(2)15-10-9(11)3-8(12)5-14-10/h3,5-7H,4,13H2,1-2H3,(H,14,15). The number of nitrogens with two attached hydrogens (primary N) is 1. The molecule has 3 N–H and O–H groups in total. The van der Waals surface area contributed by atoms with Gasteiger partial charge in [-0.1, -0.05) is 18.5 Å². The van der Waals surface area contributed by atoms with Crippen LogP contribution in [0.4, 0.5) is 5.82 Å². The van der Waals surface area contributed by atoms with Crippen LogP contribution in [0, 0.1) is 5.92 Å². The zero-order valence-electron chi connectivity index (χ0n) is 8.80. The molecular formula is C10H15BrClN3. The van der Waals surface area contributed by atoms with Gasteiger partial charge in [0, 0.05) is 12.2 Å². The Labute approximate surface area is 104 Å². The normalized spacial score (nSPS) is 14.7. The third-order valence-electron chi connectivity index (χ3n) is 2.40. The molecule has 5 heteroatoms. The number of nitrogens with zero attached hydrogens (tertiary/aromatic N) is 1. The summed E-state index contributed by atoms with van der Waals surface area (Å²) >= 11 is 9.21. The minimum absolute atomic E-state index is 0.278. The molecule has 15 heavy (non-hydrogen) atoms. The van der Waals surface area contributed by atoms with Gasteiger partial charge in [-0.3, -0.25) is 0 Å². The second kappa shape index (κ2) is 5.68. The molecule has 1 aromatic rings. The van der Waals surface area contributed by atoms with Gasteiger partial charge >= 0.3 is 0 Å². The van der Waals surface area contributed by atoms with Crippen molar-refractivity contribution in [3.05, 3.63) is 21.8 Å². The van der Waals surface area contributed by atoms with Crippen LogP contribution in [0.5, 0.6) is 0 Å². The summed E-state index contributed by atoms with van der Waals surface area (Å²) in [6.07, 6.45) is 1.62. The smallest absolute Gasteiger partial charge is 0.140 e. The van der Waals surface area contributed by atoms with Crippen molar-refractivity contribution in [2.24, 2.45) is 11.7 Å². The molecule has 1 heterocycles. The predicted octanol–water partition coefficient (Wildman–Crippen LogP) is 2.89. The number of hydrogen-bond donors (Lipinski definition) is 2. The van der Waals surface area contributed by atoms with Crippen molar-refractivity contribution in [3.8, 4) is 0 Å². The Kier molecular flexibility index (Phi) is 4.83. The molecule has 0 radical (unpaired) electrons. The fourth-order valence-corrected chi connectivity index (χ4v) is 1.84. The molecule has 0 saturated heterocycles. The van der Waals surface area contributed by atoms with Crippen molar-refractivity contribution in [2.45, 2.75) is 19.9 Å². The summed E-state index contributed by atoms with van der Waals surface area (Å²) in [4.78, 5) is 4.20. The van der Waals surface area contributed by atoms with E-state index < -0.39 is 0 Å². The van der Waals surface area contributed by atoms with Crippen molar-refractivity contribution in [1.82, 2.24) is 4.98 Å². The number of pyridine rings is 1. The molecule has 0 bridgehead atoms.